The number of aryl methyl sites for hydroxylation is 1. The highest BCUT2D eigenvalue weighted by atomic mass is 16.5. The molecule has 2 aromatic carbocycles. The van der Waals surface area contributed by atoms with Crippen LogP contribution in [0, 0.1) is 12.8 Å². The molecule has 190 valence electrons. The molecule has 1 unspecified atom stereocenters. The van der Waals surface area contributed by atoms with E-state index in [1.54, 1.807) is 7.11 Å². The standard InChI is InChI=1S/C28H36N6O2/c1-18(2)25(26-30-31-32-34(26)28(4,5)6)33(16-20-10-8-9-11-24(20)36-7)17-22-15-21-14-19(3)12-13-23(21)29-27(22)35/h8-15,18,25H,16-17H2,1-7H3,(H,29,35). The van der Waals surface area contributed by atoms with E-state index in [4.69, 9.17) is 4.74 Å². The Kier molecular flexibility index (Phi) is 7.26. The Morgan fingerprint density at radius 2 is 1.78 bits per heavy atom. The number of hydrogen-bond donors (Lipinski definition) is 1. The molecule has 0 saturated carbocycles. The van der Waals surface area contributed by atoms with E-state index in [2.05, 4.69) is 79.1 Å². The summed E-state index contributed by atoms with van der Waals surface area (Å²) in [5, 5.41) is 13.9. The summed E-state index contributed by atoms with van der Waals surface area (Å²) in [6, 6.07) is 15.9. The molecule has 4 aromatic rings. The van der Waals surface area contributed by atoms with Gasteiger partial charge in [0.2, 0.25) is 0 Å². The first-order valence-electron chi connectivity index (χ1n) is 12.4. The average Bonchev–Trinajstić information content (AvgIpc) is 3.30. The van der Waals surface area contributed by atoms with Crippen LogP contribution in [0.5, 0.6) is 5.75 Å². The molecule has 1 N–H and O–H groups in total. The van der Waals surface area contributed by atoms with Gasteiger partial charge in [-0.15, -0.1) is 5.10 Å². The molecule has 4 rings (SSSR count). The minimum atomic E-state index is -0.292. The van der Waals surface area contributed by atoms with Crippen LogP contribution >= 0.6 is 0 Å². The third kappa shape index (κ3) is 5.33. The van der Waals surface area contributed by atoms with Crippen LogP contribution in [0.1, 0.15) is 63.2 Å². The number of H-pyrrole nitrogens is 1. The minimum Gasteiger partial charge on any atom is -0.496 e. The van der Waals surface area contributed by atoms with Crippen LogP contribution in [-0.2, 0) is 18.6 Å². The van der Waals surface area contributed by atoms with Crippen molar-refractivity contribution >= 4 is 10.9 Å². The normalized spacial score (nSPS) is 13.0. The number of nitrogens with zero attached hydrogens (tertiary/aromatic N) is 5. The van der Waals surface area contributed by atoms with Gasteiger partial charge in [0.1, 0.15) is 5.75 Å². The number of pyridine rings is 1. The third-order valence-electron chi connectivity index (χ3n) is 6.43. The first-order chi connectivity index (χ1) is 17.1. The van der Waals surface area contributed by atoms with E-state index in [9.17, 15) is 4.79 Å². The van der Waals surface area contributed by atoms with Crippen molar-refractivity contribution in [2.24, 2.45) is 5.92 Å². The first kappa shape index (κ1) is 25.6. The van der Waals surface area contributed by atoms with E-state index in [-0.39, 0.29) is 23.1 Å². The van der Waals surface area contributed by atoms with E-state index in [1.807, 2.05) is 41.1 Å². The molecule has 0 amide bonds. The maximum absolute atomic E-state index is 13.2. The smallest absolute Gasteiger partial charge is 0.252 e. The topological polar surface area (TPSA) is 88.9 Å². The number of tetrazole rings is 1. The van der Waals surface area contributed by atoms with Crippen LogP contribution in [0.3, 0.4) is 0 Å². The Balaban J connectivity index is 1.84. The second kappa shape index (κ2) is 10.2. The molecule has 0 aliphatic carbocycles. The molecule has 0 saturated heterocycles. The Morgan fingerprint density at radius 1 is 1.06 bits per heavy atom. The largest absolute Gasteiger partial charge is 0.496 e. The molecule has 8 nitrogen and oxygen atoms in total. The van der Waals surface area contributed by atoms with E-state index >= 15 is 0 Å². The highest BCUT2D eigenvalue weighted by molar-refractivity contribution is 5.79. The van der Waals surface area contributed by atoms with Gasteiger partial charge in [0.15, 0.2) is 5.82 Å². The van der Waals surface area contributed by atoms with E-state index < -0.39 is 0 Å². The lowest BCUT2D eigenvalue weighted by Crippen LogP contribution is -2.37. The molecule has 0 radical (unpaired) electrons. The molecule has 2 aromatic heterocycles. The SMILES string of the molecule is COc1ccccc1CN(Cc1cc2cc(C)ccc2[nH]c1=O)C(c1nnnn1C(C)(C)C)C(C)C. The van der Waals surface area contributed by atoms with Gasteiger partial charge in [-0.05, 0) is 73.7 Å². The van der Waals surface area contributed by atoms with E-state index in [1.165, 1.54) is 0 Å². The first-order valence-corrected chi connectivity index (χ1v) is 12.4. The van der Waals surface area contributed by atoms with Gasteiger partial charge < -0.3 is 9.72 Å². The number of nitrogens with one attached hydrogen (secondary N) is 1. The number of benzene rings is 2. The monoisotopic (exact) mass is 488 g/mol. The highest BCUT2D eigenvalue weighted by Crippen LogP contribution is 2.33. The van der Waals surface area contributed by atoms with Crippen LogP contribution < -0.4 is 10.3 Å². The number of hydrogen-bond acceptors (Lipinski definition) is 6. The Morgan fingerprint density at radius 3 is 2.47 bits per heavy atom. The summed E-state index contributed by atoms with van der Waals surface area (Å²) in [7, 11) is 1.68. The number of fused-ring (bicyclic) bond motifs is 1. The lowest BCUT2D eigenvalue weighted by molar-refractivity contribution is 0.118. The number of para-hydroxylation sites is 1. The molecule has 0 bridgehead atoms. The summed E-state index contributed by atoms with van der Waals surface area (Å²) < 4.78 is 7.55. The predicted molar refractivity (Wildman–Crippen MR) is 142 cm³/mol. The number of rotatable bonds is 8. The maximum atomic E-state index is 13.2. The second-order valence-corrected chi connectivity index (χ2v) is 10.7. The van der Waals surface area contributed by atoms with Crippen molar-refractivity contribution in [1.29, 1.82) is 0 Å². The maximum Gasteiger partial charge on any atom is 0.252 e. The molecular weight excluding hydrogens is 452 g/mol. The summed E-state index contributed by atoms with van der Waals surface area (Å²) in [5.74, 6) is 1.76. The third-order valence-corrected chi connectivity index (χ3v) is 6.43. The van der Waals surface area contributed by atoms with Crippen molar-refractivity contribution in [3.05, 3.63) is 81.4 Å². The molecule has 36 heavy (non-hydrogen) atoms. The summed E-state index contributed by atoms with van der Waals surface area (Å²) in [6.45, 7) is 13.6. The zero-order valence-electron chi connectivity index (χ0n) is 22.2. The van der Waals surface area contributed by atoms with Crippen LogP contribution in [0.4, 0.5) is 0 Å². The summed E-state index contributed by atoms with van der Waals surface area (Å²) in [4.78, 5) is 18.5. The van der Waals surface area contributed by atoms with Crippen molar-refractivity contribution < 1.29 is 4.74 Å². The van der Waals surface area contributed by atoms with Crippen LogP contribution in [-0.4, -0.2) is 37.2 Å². The lowest BCUT2D eigenvalue weighted by atomic mass is 9.98. The van der Waals surface area contributed by atoms with Crippen LogP contribution in [0.15, 0.2) is 53.3 Å². The van der Waals surface area contributed by atoms with E-state index in [0.29, 0.717) is 18.7 Å². The van der Waals surface area contributed by atoms with Gasteiger partial charge in [-0.3, -0.25) is 9.69 Å². The number of aromatic amines is 1. The predicted octanol–water partition coefficient (Wildman–Crippen LogP) is 4.99. The second-order valence-electron chi connectivity index (χ2n) is 10.7. The lowest BCUT2D eigenvalue weighted by Gasteiger charge is -2.35. The van der Waals surface area contributed by atoms with Gasteiger partial charge in [0.25, 0.3) is 5.56 Å². The van der Waals surface area contributed by atoms with Crippen molar-refractivity contribution in [2.45, 2.75) is 66.2 Å². The fraction of sp³-hybridized carbons (Fsp3) is 0.429. The molecular formula is C28H36N6O2. The fourth-order valence-corrected chi connectivity index (χ4v) is 4.75. The number of methoxy groups -OCH3 is 1. The zero-order valence-corrected chi connectivity index (χ0v) is 22.2. The summed E-state index contributed by atoms with van der Waals surface area (Å²) in [6.07, 6.45) is 0. The van der Waals surface area contributed by atoms with Gasteiger partial charge >= 0.3 is 0 Å². The van der Waals surface area contributed by atoms with Gasteiger partial charge in [-0.2, -0.15) is 0 Å². The summed E-state index contributed by atoms with van der Waals surface area (Å²) >= 11 is 0. The van der Waals surface area contributed by atoms with Crippen molar-refractivity contribution in [3.8, 4) is 5.75 Å². The molecule has 0 aliphatic rings. The quantitative estimate of drug-likeness (QED) is 0.376. The van der Waals surface area contributed by atoms with Crippen molar-refractivity contribution in [2.75, 3.05) is 7.11 Å². The molecule has 0 spiro atoms. The van der Waals surface area contributed by atoms with Gasteiger partial charge in [-0.25, -0.2) is 4.68 Å². The number of aromatic nitrogens is 5. The molecule has 0 aliphatic heterocycles. The Hall–Kier alpha value is -3.52. The van der Waals surface area contributed by atoms with Crippen molar-refractivity contribution in [1.82, 2.24) is 30.1 Å². The van der Waals surface area contributed by atoms with Gasteiger partial charge in [0, 0.05) is 29.7 Å². The fourth-order valence-electron chi connectivity index (χ4n) is 4.75. The molecule has 0 fully saturated rings. The highest BCUT2D eigenvalue weighted by Gasteiger charge is 2.33. The Bertz CT molecular complexity index is 1400. The van der Waals surface area contributed by atoms with Crippen molar-refractivity contribution in [3.63, 3.8) is 0 Å². The Labute approximate surface area is 212 Å². The van der Waals surface area contributed by atoms with E-state index in [0.717, 1.165) is 33.6 Å². The zero-order chi connectivity index (χ0) is 26.0. The minimum absolute atomic E-state index is 0.0886. The summed E-state index contributed by atoms with van der Waals surface area (Å²) in [5.41, 5.74) is 3.34. The molecule has 2 heterocycles. The van der Waals surface area contributed by atoms with Gasteiger partial charge in [0.05, 0.1) is 18.7 Å². The van der Waals surface area contributed by atoms with Crippen LogP contribution in [0.2, 0.25) is 0 Å². The molecule has 8 heteroatoms. The molecule has 1 atom stereocenters. The van der Waals surface area contributed by atoms with Crippen LogP contribution in [0.25, 0.3) is 10.9 Å². The van der Waals surface area contributed by atoms with Gasteiger partial charge in [-0.1, -0.05) is 43.7 Å². The average molecular weight is 489 g/mol. The number of ether oxygens (including phenoxy) is 1.